The molecular weight excluding hydrogens is 388 g/mol. The SMILES string of the molecule is CC1Cc2cc(CCN3CCCC(C(=O)O)C3)ccc2N1C(=O)CCC1CCCCC1. The van der Waals surface area contributed by atoms with E-state index in [0.29, 0.717) is 13.0 Å². The van der Waals surface area contributed by atoms with Gasteiger partial charge in [0, 0.05) is 31.2 Å². The molecule has 0 aromatic heterocycles. The third-order valence-corrected chi connectivity index (χ3v) is 7.69. The van der Waals surface area contributed by atoms with Gasteiger partial charge in [0.1, 0.15) is 0 Å². The number of carboxylic acids is 1. The van der Waals surface area contributed by atoms with Crippen LogP contribution in [0.15, 0.2) is 18.2 Å². The molecule has 170 valence electrons. The van der Waals surface area contributed by atoms with Crippen molar-refractivity contribution in [3.05, 3.63) is 29.3 Å². The van der Waals surface area contributed by atoms with Gasteiger partial charge >= 0.3 is 5.97 Å². The number of rotatable bonds is 7. The molecule has 0 radical (unpaired) electrons. The minimum Gasteiger partial charge on any atom is -0.481 e. The van der Waals surface area contributed by atoms with Crippen molar-refractivity contribution in [2.45, 2.75) is 83.6 Å². The Labute approximate surface area is 186 Å². The van der Waals surface area contributed by atoms with E-state index < -0.39 is 5.97 Å². The lowest BCUT2D eigenvalue weighted by molar-refractivity contribution is -0.143. The first-order valence-electron chi connectivity index (χ1n) is 12.4. The summed E-state index contributed by atoms with van der Waals surface area (Å²) in [5, 5.41) is 9.29. The summed E-state index contributed by atoms with van der Waals surface area (Å²) in [6, 6.07) is 6.82. The quantitative estimate of drug-likeness (QED) is 0.689. The lowest BCUT2D eigenvalue weighted by Crippen LogP contribution is -2.39. The van der Waals surface area contributed by atoms with Crippen LogP contribution >= 0.6 is 0 Å². The van der Waals surface area contributed by atoms with E-state index in [2.05, 4.69) is 30.0 Å². The van der Waals surface area contributed by atoms with Crippen LogP contribution in [0.2, 0.25) is 0 Å². The first-order valence-corrected chi connectivity index (χ1v) is 12.4. The van der Waals surface area contributed by atoms with Gasteiger partial charge in [0.15, 0.2) is 0 Å². The van der Waals surface area contributed by atoms with Crippen LogP contribution in [0, 0.1) is 11.8 Å². The zero-order valence-electron chi connectivity index (χ0n) is 19.0. The summed E-state index contributed by atoms with van der Waals surface area (Å²) in [6.45, 7) is 4.73. The molecule has 1 N–H and O–H groups in total. The molecule has 2 fully saturated rings. The molecule has 1 aromatic carbocycles. The third kappa shape index (κ3) is 5.49. The zero-order chi connectivity index (χ0) is 21.8. The van der Waals surface area contributed by atoms with Crippen molar-refractivity contribution in [2.75, 3.05) is 24.5 Å². The van der Waals surface area contributed by atoms with E-state index in [-0.39, 0.29) is 17.9 Å². The molecule has 4 rings (SSSR count). The molecule has 1 aromatic rings. The predicted molar refractivity (Wildman–Crippen MR) is 123 cm³/mol. The van der Waals surface area contributed by atoms with Crippen molar-refractivity contribution in [2.24, 2.45) is 11.8 Å². The Morgan fingerprint density at radius 3 is 2.68 bits per heavy atom. The fourth-order valence-corrected chi connectivity index (χ4v) is 5.89. The minimum atomic E-state index is -0.663. The normalized spacial score (nSPS) is 24.9. The van der Waals surface area contributed by atoms with E-state index in [4.69, 9.17) is 0 Å². The largest absolute Gasteiger partial charge is 0.481 e. The molecule has 2 atom stereocenters. The average molecular weight is 427 g/mol. The van der Waals surface area contributed by atoms with Gasteiger partial charge in [0.05, 0.1) is 5.92 Å². The number of likely N-dealkylation sites (tertiary alicyclic amines) is 1. The minimum absolute atomic E-state index is 0.220. The van der Waals surface area contributed by atoms with Crippen LogP contribution in [0.1, 0.15) is 75.8 Å². The van der Waals surface area contributed by atoms with Crippen LogP contribution in [0.3, 0.4) is 0 Å². The van der Waals surface area contributed by atoms with Gasteiger partial charge < -0.3 is 14.9 Å². The Kier molecular flexibility index (Phi) is 7.31. The van der Waals surface area contributed by atoms with Gasteiger partial charge in [-0.3, -0.25) is 9.59 Å². The van der Waals surface area contributed by atoms with E-state index in [9.17, 15) is 14.7 Å². The number of benzene rings is 1. The maximum Gasteiger partial charge on any atom is 0.307 e. The van der Waals surface area contributed by atoms with Crippen LogP contribution < -0.4 is 4.90 Å². The van der Waals surface area contributed by atoms with E-state index in [1.165, 1.54) is 43.2 Å². The highest BCUT2D eigenvalue weighted by Gasteiger charge is 2.31. The van der Waals surface area contributed by atoms with Gasteiger partial charge in [-0.2, -0.15) is 0 Å². The maximum absolute atomic E-state index is 13.0. The number of anilines is 1. The Balaban J connectivity index is 1.32. The van der Waals surface area contributed by atoms with Crippen LogP contribution in [-0.2, 0) is 22.4 Å². The fourth-order valence-electron chi connectivity index (χ4n) is 5.89. The smallest absolute Gasteiger partial charge is 0.307 e. The molecule has 2 unspecified atom stereocenters. The summed E-state index contributed by atoms with van der Waals surface area (Å²) < 4.78 is 0. The molecule has 0 spiro atoms. The van der Waals surface area contributed by atoms with Gasteiger partial charge in [-0.05, 0) is 68.7 Å². The van der Waals surface area contributed by atoms with Crippen LogP contribution in [0.4, 0.5) is 5.69 Å². The van der Waals surface area contributed by atoms with E-state index in [1.54, 1.807) is 0 Å². The van der Waals surface area contributed by atoms with E-state index >= 15 is 0 Å². The topological polar surface area (TPSA) is 60.9 Å². The van der Waals surface area contributed by atoms with Crippen LogP contribution in [-0.4, -0.2) is 47.6 Å². The second kappa shape index (κ2) is 10.2. The second-order valence-electron chi connectivity index (χ2n) is 10.1. The Hall–Kier alpha value is -1.88. The van der Waals surface area contributed by atoms with Crippen LogP contribution in [0.5, 0.6) is 0 Å². The number of amides is 1. The lowest BCUT2D eigenvalue weighted by Gasteiger charge is -2.30. The molecule has 5 nitrogen and oxygen atoms in total. The molecule has 1 saturated carbocycles. The van der Waals surface area contributed by atoms with Gasteiger partial charge in [0.2, 0.25) is 5.91 Å². The third-order valence-electron chi connectivity index (χ3n) is 7.69. The highest BCUT2D eigenvalue weighted by molar-refractivity contribution is 5.96. The molecule has 2 heterocycles. The number of nitrogens with zero attached hydrogens (tertiary/aromatic N) is 2. The van der Waals surface area contributed by atoms with Gasteiger partial charge in [0.25, 0.3) is 0 Å². The average Bonchev–Trinajstić information content (AvgIpc) is 3.12. The van der Waals surface area contributed by atoms with E-state index in [1.807, 2.05) is 4.90 Å². The molecular formula is C26H38N2O3. The van der Waals surface area contributed by atoms with Gasteiger partial charge in [-0.15, -0.1) is 0 Å². The Morgan fingerprint density at radius 1 is 1.10 bits per heavy atom. The second-order valence-corrected chi connectivity index (χ2v) is 10.1. The number of carbonyl (C=O) groups is 2. The van der Waals surface area contributed by atoms with Gasteiger partial charge in [-0.1, -0.05) is 44.2 Å². The van der Waals surface area contributed by atoms with Crippen molar-refractivity contribution in [1.29, 1.82) is 0 Å². The number of carbonyl (C=O) groups excluding carboxylic acids is 1. The molecule has 5 heteroatoms. The first kappa shape index (κ1) is 22.3. The van der Waals surface area contributed by atoms with Gasteiger partial charge in [-0.25, -0.2) is 0 Å². The standard InChI is InChI=1S/C26H38N2O3/c1-19-16-23-17-21(13-15-27-14-5-8-22(18-27)26(30)31)9-11-24(23)28(19)25(29)12-10-20-6-3-2-4-7-20/h9,11,17,19-20,22H,2-8,10,12-16,18H2,1H3,(H,30,31). The fraction of sp³-hybridized carbons (Fsp3) is 0.692. The highest BCUT2D eigenvalue weighted by Crippen LogP contribution is 2.35. The number of hydrogen-bond acceptors (Lipinski definition) is 3. The Morgan fingerprint density at radius 2 is 1.90 bits per heavy atom. The predicted octanol–water partition coefficient (Wildman–Crippen LogP) is 4.66. The summed E-state index contributed by atoms with van der Waals surface area (Å²) in [4.78, 5) is 28.7. The molecule has 3 aliphatic rings. The summed E-state index contributed by atoms with van der Waals surface area (Å²) in [7, 11) is 0. The number of carboxylic acid groups (broad SMARTS) is 1. The Bertz CT molecular complexity index is 787. The molecule has 0 bridgehead atoms. The van der Waals surface area contributed by atoms with Crippen molar-refractivity contribution in [3.8, 4) is 0 Å². The monoisotopic (exact) mass is 426 g/mol. The zero-order valence-corrected chi connectivity index (χ0v) is 19.0. The van der Waals surface area contributed by atoms with E-state index in [0.717, 1.165) is 56.8 Å². The summed E-state index contributed by atoms with van der Waals surface area (Å²) >= 11 is 0. The van der Waals surface area contributed by atoms with Crippen molar-refractivity contribution >= 4 is 17.6 Å². The molecule has 31 heavy (non-hydrogen) atoms. The number of fused-ring (bicyclic) bond motifs is 1. The van der Waals surface area contributed by atoms with Crippen LogP contribution in [0.25, 0.3) is 0 Å². The maximum atomic E-state index is 13.0. The molecule has 1 amide bonds. The summed E-state index contributed by atoms with van der Waals surface area (Å²) in [5.74, 6) is 0.151. The van der Waals surface area contributed by atoms with Crippen molar-refractivity contribution in [1.82, 2.24) is 4.90 Å². The number of hydrogen-bond donors (Lipinski definition) is 1. The summed E-state index contributed by atoms with van der Waals surface area (Å²) in [6.07, 6.45) is 12.0. The van der Waals surface area contributed by atoms with Crippen molar-refractivity contribution in [3.63, 3.8) is 0 Å². The molecule has 2 aliphatic heterocycles. The number of piperidine rings is 1. The summed E-state index contributed by atoms with van der Waals surface area (Å²) in [5.41, 5.74) is 3.69. The lowest BCUT2D eigenvalue weighted by atomic mass is 9.86. The first-order chi connectivity index (χ1) is 15.0. The number of aliphatic carboxylic acids is 1. The van der Waals surface area contributed by atoms with Crippen molar-refractivity contribution < 1.29 is 14.7 Å². The molecule has 1 aliphatic carbocycles. The highest BCUT2D eigenvalue weighted by atomic mass is 16.4. The molecule has 1 saturated heterocycles.